The lowest BCUT2D eigenvalue weighted by Crippen LogP contribution is -2.17. The molecule has 2 aromatic rings. The molecule has 1 aliphatic rings. The quantitative estimate of drug-likeness (QED) is 0.620. The summed E-state index contributed by atoms with van der Waals surface area (Å²) in [4.78, 5) is 4.00. The van der Waals surface area contributed by atoms with Crippen LogP contribution in [0.5, 0.6) is 5.88 Å². The molecule has 1 fully saturated rings. The summed E-state index contributed by atoms with van der Waals surface area (Å²) in [5, 5.41) is 0. The van der Waals surface area contributed by atoms with E-state index in [0.29, 0.717) is 23.3 Å². The maximum atomic E-state index is 14.6. The van der Waals surface area contributed by atoms with Gasteiger partial charge in [0.1, 0.15) is 5.82 Å². The van der Waals surface area contributed by atoms with Crippen molar-refractivity contribution in [1.29, 1.82) is 0 Å². The highest BCUT2D eigenvalue weighted by molar-refractivity contribution is 5.70. The fourth-order valence-corrected chi connectivity index (χ4v) is 4.38. The molecule has 0 aliphatic heterocycles. The molecule has 0 amide bonds. The van der Waals surface area contributed by atoms with Gasteiger partial charge < -0.3 is 4.74 Å². The van der Waals surface area contributed by atoms with Crippen LogP contribution in [-0.4, -0.2) is 12.1 Å². The van der Waals surface area contributed by atoms with Crippen molar-refractivity contribution in [1.82, 2.24) is 4.98 Å². The molecule has 0 saturated heterocycles. The number of hydrogen-bond acceptors (Lipinski definition) is 2. The third-order valence-electron chi connectivity index (χ3n) is 5.72. The zero-order chi connectivity index (χ0) is 18.9. The minimum Gasteiger partial charge on any atom is -0.481 e. The fraction of sp³-hybridized carbons (Fsp3) is 0.522. The summed E-state index contributed by atoms with van der Waals surface area (Å²) in [7, 11) is 1.57. The third kappa shape index (κ3) is 3.77. The van der Waals surface area contributed by atoms with Gasteiger partial charge in [-0.05, 0) is 53.2 Å². The van der Waals surface area contributed by atoms with Gasteiger partial charge >= 0.3 is 0 Å². The SMILES string of the molecule is COc1cc(-c2ccc(CC(C)C)cc2[C@H]2CCCC2(C)C)c(F)cn1. The molecule has 1 atom stereocenters. The molecular formula is C23H30FNO. The molecular weight excluding hydrogens is 325 g/mol. The first-order valence-electron chi connectivity index (χ1n) is 9.64. The van der Waals surface area contributed by atoms with Crippen molar-refractivity contribution in [3.63, 3.8) is 0 Å². The van der Waals surface area contributed by atoms with Gasteiger partial charge in [-0.25, -0.2) is 9.37 Å². The van der Waals surface area contributed by atoms with Crippen LogP contribution in [-0.2, 0) is 6.42 Å². The lowest BCUT2D eigenvalue weighted by molar-refractivity contribution is 0.332. The zero-order valence-electron chi connectivity index (χ0n) is 16.6. The smallest absolute Gasteiger partial charge is 0.213 e. The fourth-order valence-electron chi connectivity index (χ4n) is 4.38. The lowest BCUT2D eigenvalue weighted by atomic mass is 9.75. The number of halogens is 1. The largest absolute Gasteiger partial charge is 0.481 e. The topological polar surface area (TPSA) is 22.1 Å². The molecule has 1 saturated carbocycles. The van der Waals surface area contributed by atoms with Crippen LogP contribution in [0.1, 0.15) is 64.0 Å². The van der Waals surface area contributed by atoms with Crippen LogP contribution in [0.4, 0.5) is 4.39 Å². The highest BCUT2D eigenvalue weighted by atomic mass is 19.1. The molecule has 1 aromatic carbocycles. The highest BCUT2D eigenvalue weighted by Crippen LogP contribution is 2.51. The van der Waals surface area contributed by atoms with E-state index in [4.69, 9.17) is 4.74 Å². The second-order valence-corrected chi connectivity index (χ2v) is 8.66. The van der Waals surface area contributed by atoms with Crippen LogP contribution >= 0.6 is 0 Å². The summed E-state index contributed by atoms with van der Waals surface area (Å²) >= 11 is 0. The molecule has 3 heteroatoms. The summed E-state index contributed by atoms with van der Waals surface area (Å²) < 4.78 is 19.9. The Morgan fingerprint density at radius 2 is 2.00 bits per heavy atom. The van der Waals surface area contributed by atoms with E-state index in [2.05, 4.69) is 50.9 Å². The predicted octanol–water partition coefficient (Wildman–Crippen LogP) is 6.39. The van der Waals surface area contributed by atoms with E-state index < -0.39 is 0 Å². The Labute approximate surface area is 156 Å². The molecule has 1 aromatic heterocycles. The Bertz CT molecular complexity index is 782. The van der Waals surface area contributed by atoms with Gasteiger partial charge in [0.2, 0.25) is 5.88 Å². The molecule has 3 rings (SSSR count). The predicted molar refractivity (Wildman–Crippen MR) is 105 cm³/mol. The Morgan fingerprint density at radius 1 is 1.23 bits per heavy atom. The second-order valence-electron chi connectivity index (χ2n) is 8.66. The number of nitrogens with zero attached hydrogens (tertiary/aromatic N) is 1. The van der Waals surface area contributed by atoms with Gasteiger partial charge in [0.05, 0.1) is 13.3 Å². The second kappa shape index (κ2) is 7.38. The van der Waals surface area contributed by atoms with Gasteiger partial charge in [-0.2, -0.15) is 0 Å². The van der Waals surface area contributed by atoms with Crippen LogP contribution < -0.4 is 4.74 Å². The Balaban J connectivity index is 2.15. The molecule has 1 aliphatic carbocycles. The van der Waals surface area contributed by atoms with Crippen molar-refractivity contribution in [3.05, 3.63) is 47.4 Å². The van der Waals surface area contributed by atoms with Gasteiger partial charge in [0.15, 0.2) is 0 Å². The highest BCUT2D eigenvalue weighted by Gasteiger charge is 2.37. The molecule has 140 valence electrons. The van der Waals surface area contributed by atoms with Crippen LogP contribution in [0.15, 0.2) is 30.5 Å². The number of hydrogen-bond donors (Lipinski definition) is 0. The van der Waals surface area contributed by atoms with E-state index in [1.807, 2.05) is 0 Å². The summed E-state index contributed by atoms with van der Waals surface area (Å²) in [6.07, 6.45) is 5.92. The van der Waals surface area contributed by atoms with Crippen molar-refractivity contribution in [2.45, 2.75) is 59.3 Å². The summed E-state index contributed by atoms with van der Waals surface area (Å²) in [5.74, 6) is 1.20. The molecule has 1 heterocycles. The first-order valence-corrected chi connectivity index (χ1v) is 9.64. The van der Waals surface area contributed by atoms with E-state index in [1.165, 1.54) is 30.2 Å². The number of methoxy groups -OCH3 is 1. The van der Waals surface area contributed by atoms with Crippen molar-refractivity contribution < 1.29 is 9.13 Å². The van der Waals surface area contributed by atoms with Gasteiger partial charge in [0, 0.05) is 11.6 Å². The van der Waals surface area contributed by atoms with E-state index in [0.717, 1.165) is 18.4 Å². The third-order valence-corrected chi connectivity index (χ3v) is 5.72. The van der Waals surface area contributed by atoms with Crippen molar-refractivity contribution in [3.8, 4) is 17.0 Å². The maximum absolute atomic E-state index is 14.6. The van der Waals surface area contributed by atoms with Crippen LogP contribution in [0.25, 0.3) is 11.1 Å². The normalized spacial score (nSPS) is 19.1. The van der Waals surface area contributed by atoms with E-state index in [1.54, 1.807) is 13.2 Å². The van der Waals surface area contributed by atoms with Crippen LogP contribution in [0.2, 0.25) is 0 Å². The monoisotopic (exact) mass is 355 g/mol. The van der Waals surface area contributed by atoms with E-state index >= 15 is 0 Å². The Hall–Kier alpha value is -1.90. The van der Waals surface area contributed by atoms with Gasteiger partial charge in [-0.1, -0.05) is 52.3 Å². The van der Waals surface area contributed by atoms with Crippen LogP contribution in [0.3, 0.4) is 0 Å². The van der Waals surface area contributed by atoms with Crippen molar-refractivity contribution in [2.75, 3.05) is 7.11 Å². The minimum absolute atomic E-state index is 0.235. The summed E-state index contributed by atoms with van der Waals surface area (Å²) in [5.41, 5.74) is 4.42. The van der Waals surface area contributed by atoms with Crippen molar-refractivity contribution >= 4 is 0 Å². The Kier molecular flexibility index (Phi) is 5.36. The number of rotatable bonds is 5. The average molecular weight is 355 g/mol. The molecule has 0 bridgehead atoms. The summed E-state index contributed by atoms with van der Waals surface area (Å²) in [6, 6.07) is 8.28. The molecule has 0 spiro atoms. The molecule has 0 N–H and O–H groups in total. The first-order chi connectivity index (χ1) is 12.3. The number of pyridine rings is 1. The number of benzene rings is 1. The lowest BCUT2D eigenvalue weighted by Gasteiger charge is -2.30. The first kappa shape index (κ1) is 18.9. The number of ether oxygens (including phenoxy) is 1. The van der Waals surface area contributed by atoms with Gasteiger partial charge in [-0.3, -0.25) is 0 Å². The molecule has 0 radical (unpaired) electrons. The zero-order valence-corrected chi connectivity index (χ0v) is 16.6. The minimum atomic E-state index is -0.292. The number of aromatic nitrogens is 1. The standard InChI is InChI=1S/C23H30FNO/c1-15(2)11-16-8-9-17(19-13-22(26-5)25-14-21(19)24)18(12-16)20-7-6-10-23(20,3)4/h8-9,12-15,20H,6-7,10-11H2,1-5H3/t20-/m1/s1. The Morgan fingerprint density at radius 3 is 2.62 bits per heavy atom. The molecule has 0 unspecified atom stereocenters. The van der Waals surface area contributed by atoms with E-state index in [-0.39, 0.29) is 11.2 Å². The van der Waals surface area contributed by atoms with Gasteiger partial charge in [-0.15, -0.1) is 0 Å². The van der Waals surface area contributed by atoms with E-state index in [9.17, 15) is 4.39 Å². The van der Waals surface area contributed by atoms with Crippen molar-refractivity contribution in [2.24, 2.45) is 11.3 Å². The molecule has 2 nitrogen and oxygen atoms in total. The maximum Gasteiger partial charge on any atom is 0.213 e. The van der Waals surface area contributed by atoms with Gasteiger partial charge in [0.25, 0.3) is 0 Å². The summed E-state index contributed by atoms with van der Waals surface area (Å²) in [6.45, 7) is 9.15. The van der Waals surface area contributed by atoms with Crippen LogP contribution in [0, 0.1) is 17.2 Å². The average Bonchev–Trinajstić information content (AvgIpc) is 2.94. The molecule has 26 heavy (non-hydrogen) atoms.